The van der Waals surface area contributed by atoms with Gasteiger partial charge in [-0.3, -0.25) is 22.8 Å². The molecule has 42 heavy (non-hydrogen) atoms. The maximum absolute atomic E-state index is 11.4. The second kappa shape index (κ2) is 13.3. The van der Waals surface area contributed by atoms with Crippen LogP contribution in [0.2, 0.25) is 0 Å². The molecule has 2 saturated heterocycles. The van der Waals surface area contributed by atoms with Gasteiger partial charge in [-0.05, 0) is 6.92 Å². The first-order chi connectivity index (χ1) is 18.7. The van der Waals surface area contributed by atoms with Gasteiger partial charge in [0.25, 0.3) is 0 Å². The lowest BCUT2D eigenvalue weighted by Crippen LogP contribution is -2.63. The van der Waals surface area contributed by atoms with Crippen LogP contribution in [0.5, 0.6) is 0 Å². The highest BCUT2D eigenvalue weighted by molar-refractivity contribution is 7.81. The third-order valence-corrected chi connectivity index (χ3v) is 7.28. The maximum Gasteiger partial charge on any atom is 0.397 e. The number of rotatable bonds is 13. The Morgan fingerprint density at radius 3 is 1.38 bits per heavy atom. The molecule has 10 unspecified atom stereocenters. The highest BCUT2D eigenvalue weighted by Crippen LogP contribution is 2.32. The Morgan fingerprint density at radius 2 is 0.929 bits per heavy atom. The van der Waals surface area contributed by atoms with Gasteiger partial charge < -0.3 is 24.4 Å². The average Bonchev–Trinajstić information content (AvgIpc) is 2.73. The first-order valence-corrected chi connectivity index (χ1v) is 17.1. The van der Waals surface area contributed by atoms with Crippen LogP contribution in [0.1, 0.15) is 6.92 Å². The first kappa shape index (κ1) is 37.3. The van der Waals surface area contributed by atoms with Crippen LogP contribution in [-0.2, 0) is 87.1 Å². The average molecular weight is 727 g/mol. The number of hydrogen-bond donors (Lipinski definition) is 7. The van der Waals surface area contributed by atoms with E-state index in [1.165, 1.54) is 0 Å². The second-order valence-corrected chi connectivity index (χ2v) is 13.3. The molecule has 30 heteroatoms. The molecule has 2 fully saturated rings. The predicted octanol–water partition coefficient (Wildman–Crippen LogP) is -5.23. The molecule has 0 amide bonds. The minimum Gasteiger partial charge on any atom is -0.388 e. The summed E-state index contributed by atoms with van der Waals surface area (Å²) in [6.07, 6.45) is -24.4. The summed E-state index contributed by atoms with van der Waals surface area (Å²) in [7, 11) is -28.1. The lowest BCUT2D eigenvalue weighted by atomic mass is 9.99. The number of aliphatic hydroxyl groups excluding tert-OH is 2. The van der Waals surface area contributed by atoms with Crippen molar-refractivity contribution in [1.29, 1.82) is 0 Å². The molecule has 10 atom stereocenters. The molecule has 0 aromatic heterocycles. The monoisotopic (exact) mass is 726 g/mol. The van der Waals surface area contributed by atoms with Gasteiger partial charge in [0.2, 0.25) is 0 Å². The molecule has 2 rings (SSSR count). The second-order valence-electron chi connectivity index (χ2n) is 8.04. The van der Waals surface area contributed by atoms with E-state index >= 15 is 0 Å². The molecule has 0 bridgehead atoms. The van der Waals surface area contributed by atoms with E-state index in [9.17, 15) is 52.3 Å². The summed E-state index contributed by atoms with van der Waals surface area (Å²) in [6.45, 7) is -0.359. The summed E-state index contributed by atoms with van der Waals surface area (Å²) >= 11 is 0. The molecule has 0 aromatic rings. The van der Waals surface area contributed by atoms with Gasteiger partial charge >= 0.3 is 52.0 Å². The van der Waals surface area contributed by atoms with Crippen LogP contribution in [0, 0.1) is 0 Å². The van der Waals surface area contributed by atoms with E-state index in [1.807, 2.05) is 0 Å². The predicted molar refractivity (Wildman–Crippen MR) is 119 cm³/mol. The fourth-order valence-electron chi connectivity index (χ4n) is 3.58. The molecule has 2 aliphatic rings. The van der Waals surface area contributed by atoms with E-state index in [0.29, 0.717) is 0 Å². The molecular formula is C12H22O25S5. The standard InChI is InChI=1S/C12H22O25S5/c1-3-5(13)7(34-39(18,19)20)10(37-42(27,28)29)12(31-3)30-2-4-6(33-38(15,16)17)8(35-40(21,22)23)9(11(14)32-4)36-41(24,25)26/h3-14H,2H2,1H3,(H,15,16,17)(H,18,19,20)(H,21,22,23)(H,24,25,26)(H,27,28,29). The lowest BCUT2D eigenvalue weighted by Gasteiger charge is -2.44. The molecule has 7 N–H and O–H groups in total. The number of ether oxygens (including phenoxy) is 3. The third kappa shape index (κ3) is 11.9. The van der Waals surface area contributed by atoms with Gasteiger partial charge in [0.1, 0.15) is 30.5 Å². The highest BCUT2D eigenvalue weighted by atomic mass is 32.3. The third-order valence-electron chi connectivity index (χ3n) is 4.96. The van der Waals surface area contributed by atoms with Crippen LogP contribution >= 0.6 is 0 Å². The lowest BCUT2D eigenvalue weighted by molar-refractivity contribution is -0.311. The Kier molecular flexibility index (Phi) is 11.8. The van der Waals surface area contributed by atoms with E-state index < -0.39 is 120 Å². The SMILES string of the molecule is CC1OC(OCC2OC(O)C(OS(=O)(=O)O)C(OS(=O)(=O)O)C2OS(=O)(=O)O)C(OS(=O)(=O)O)C(OS(=O)(=O)O)C1O. The van der Waals surface area contributed by atoms with Crippen molar-refractivity contribution in [1.82, 2.24) is 0 Å². The minimum atomic E-state index is -5.73. The Balaban J connectivity index is 2.51. The molecule has 250 valence electrons. The number of aliphatic hydroxyl groups is 2. The van der Waals surface area contributed by atoms with Gasteiger partial charge in [0, 0.05) is 0 Å². The quantitative estimate of drug-likeness (QED) is 0.0871. The van der Waals surface area contributed by atoms with Crippen molar-refractivity contribution in [3.63, 3.8) is 0 Å². The summed E-state index contributed by atoms with van der Waals surface area (Å²) < 4.78 is 194. The van der Waals surface area contributed by atoms with Gasteiger partial charge in [-0.15, -0.1) is 0 Å². The van der Waals surface area contributed by atoms with Gasteiger partial charge in [-0.25, -0.2) is 20.9 Å². The van der Waals surface area contributed by atoms with Gasteiger partial charge in [0.15, 0.2) is 24.8 Å². The van der Waals surface area contributed by atoms with E-state index in [4.69, 9.17) is 37.0 Å². The van der Waals surface area contributed by atoms with E-state index in [2.05, 4.69) is 20.9 Å². The zero-order chi connectivity index (χ0) is 32.6. The largest absolute Gasteiger partial charge is 0.397 e. The van der Waals surface area contributed by atoms with Crippen molar-refractivity contribution in [2.75, 3.05) is 6.61 Å². The van der Waals surface area contributed by atoms with E-state index in [1.54, 1.807) is 0 Å². The fourth-order valence-corrected chi connectivity index (χ4v) is 6.07. The first-order valence-electron chi connectivity index (χ1n) is 10.2. The summed E-state index contributed by atoms with van der Waals surface area (Å²) in [5.41, 5.74) is 0. The van der Waals surface area contributed by atoms with Gasteiger partial charge in [0.05, 0.1) is 12.7 Å². The van der Waals surface area contributed by atoms with Crippen molar-refractivity contribution in [2.45, 2.75) is 68.3 Å². The van der Waals surface area contributed by atoms with Gasteiger partial charge in [-0.1, -0.05) is 0 Å². The Morgan fingerprint density at radius 1 is 0.548 bits per heavy atom. The van der Waals surface area contributed by atoms with Crippen LogP contribution in [0.4, 0.5) is 0 Å². The zero-order valence-corrected chi connectivity index (χ0v) is 24.1. The van der Waals surface area contributed by atoms with Crippen LogP contribution in [0.15, 0.2) is 0 Å². The van der Waals surface area contributed by atoms with Crippen LogP contribution in [0.3, 0.4) is 0 Å². The van der Waals surface area contributed by atoms with E-state index in [0.717, 1.165) is 6.92 Å². The molecule has 0 saturated carbocycles. The van der Waals surface area contributed by atoms with Crippen molar-refractivity contribution in [3.05, 3.63) is 0 Å². The molecule has 0 spiro atoms. The Labute approximate surface area is 236 Å². The maximum atomic E-state index is 11.4. The normalized spacial score (nSPS) is 35.6. The molecular weight excluding hydrogens is 704 g/mol. The van der Waals surface area contributed by atoms with Gasteiger partial charge in [-0.2, -0.15) is 42.1 Å². The molecule has 0 aliphatic carbocycles. The van der Waals surface area contributed by atoms with Crippen LogP contribution in [0.25, 0.3) is 0 Å². The Bertz CT molecular complexity index is 1480. The van der Waals surface area contributed by atoms with Crippen molar-refractivity contribution >= 4 is 52.0 Å². The van der Waals surface area contributed by atoms with E-state index in [-0.39, 0.29) is 0 Å². The molecule has 2 heterocycles. The highest BCUT2D eigenvalue weighted by Gasteiger charge is 2.55. The molecule has 2 aliphatic heterocycles. The van der Waals surface area contributed by atoms with Crippen molar-refractivity contribution in [3.8, 4) is 0 Å². The minimum absolute atomic E-state index is 1.00. The van der Waals surface area contributed by atoms with Crippen molar-refractivity contribution < 1.29 is 110 Å². The topological polar surface area (TPSA) is 386 Å². The molecule has 0 radical (unpaired) electrons. The molecule has 0 aromatic carbocycles. The van der Waals surface area contributed by atoms with Crippen LogP contribution < -0.4 is 0 Å². The zero-order valence-electron chi connectivity index (χ0n) is 20.0. The fraction of sp³-hybridized carbons (Fsp3) is 1.00. The Hall–Kier alpha value is -0.850. The van der Waals surface area contributed by atoms with Crippen molar-refractivity contribution in [2.24, 2.45) is 0 Å². The molecule has 25 nitrogen and oxygen atoms in total. The van der Waals surface area contributed by atoms with Crippen LogP contribution in [-0.4, -0.2) is 143 Å². The summed E-state index contributed by atoms with van der Waals surface area (Å²) in [4.78, 5) is 0. The smallest absolute Gasteiger partial charge is 0.388 e. The summed E-state index contributed by atoms with van der Waals surface area (Å²) in [5.74, 6) is 0. The number of hydrogen-bond acceptors (Lipinski definition) is 20. The summed E-state index contributed by atoms with van der Waals surface area (Å²) in [6, 6.07) is 0. The summed E-state index contributed by atoms with van der Waals surface area (Å²) in [5, 5.41) is 20.3.